The highest BCUT2D eigenvalue weighted by Gasteiger charge is 2.43. The average Bonchev–Trinajstić information content (AvgIpc) is 2.96. The number of halogens is 2. The number of piperazine rings is 1. The summed E-state index contributed by atoms with van der Waals surface area (Å²) in [5, 5.41) is 2.62. The smallest absolute Gasteiger partial charge is 0.395 e. The number of rotatable bonds is 7. The fourth-order valence-electron chi connectivity index (χ4n) is 3.26. The number of hydrogen-bond donors (Lipinski definition) is 1. The topological polar surface area (TPSA) is 91.4 Å². The van der Waals surface area contributed by atoms with Gasteiger partial charge in [-0.2, -0.15) is 17.0 Å². The lowest BCUT2D eigenvalue weighted by Gasteiger charge is -2.35. The molecule has 0 spiro atoms. The van der Waals surface area contributed by atoms with Crippen LogP contribution < -0.4 is 14.8 Å². The molecule has 1 aromatic carbocycles. The van der Waals surface area contributed by atoms with Crippen molar-refractivity contribution in [3.63, 3.8) is 0 Å². The number of amides is 1. The van der Waals surface area contributed by atoms with Crippen molar-refractivity contribution in [2.45, 2.75) is 20.1 Å². The first kappa shape index (κ1) is 21.7. The van der Waals surface area contributed by atoms with Gasteiger partial charge >= 0.3 is 6.29 Å². The van der Waals surface area contributed by atoms with Crippen molar-refractivity contribution >= 4 is 21.8 Å². The Kier molecular flexibility index (Phi) is 6.27. The van der Waals surface area contributed by atoms with E-state index < -0.39 is 16.5 Å². The molecule has 0 radical (unpaired) electrons. The van der Waals surface area contributed by atoms with E-state index >= 15 is 0 Å². The highest BCUT2D eigenvalue weighted by Crippen LogP contribution is 2.42. The molecule has 162 valence electrons. The number of anilines is 1. The number of carbonyl (C=O) groups is 1. The summed E-state index contributed by atoms with van der Waals surface area (Å²) in [5.74, 6) is -0.586. The quantitative estimate of drug-likeness (QED) is 0.692. The number of benzene rings is 1. The summed E-state index contributed by atoms with van der Waals surface area (Å²) in [5.41, 5.74) is 0.304. The van der Waals surface area contributed by atoms with Gasteiger partial charge in [0.15, 0.2) is 11.5 Å². The minimum atomic E-state index is -3.71. The van der Waals surface area contributed by atoms with Crippen LogP contribution in [0.2, 0.25) is 0 Å². The van der Waals surface area contributed by atoms with Crippen LogP contribution in [-0.2, 0) is 15.0 Å². The summed E-state index contributed by atoms with van der Waals surface area (Å²) in [4.78, 5) is 14.1. The Morgan fingerprint density at radius 1 is 1.14 bits per heavy atom. The first-order chi connectivity index (χ1) is 13.6. The molecule has 0 bridgehead atoms. The fraction of sp³-hybridized carbons (Fsp3) is 0.588. The van der Waals surface area contributed by atoms with Gasteiger partial charge in [-0.3, -0.25) is 9.69 Å². The normalized spacial score (nSPS) is 19.5. The molecule has 2 aliphatic heterocycles. The molecule has 1 N–H and O–H groups in total. The molecule has 3 rings (SSSR count). The summed E-state index contributed by atoms with van der Waals surface area (Å²) in [7, 11) is -3.49. The SMILES string of the molecule is CCN(CC)S(=O)(=O)N1CCN(CC(=O)Nc2ccc3c(c2)OC(F)(F)O3)CC1. The van der Waals surface area contributed by atoms with E-state index in [0.717, 1.165) is 0 Å². The van der Waals surface area contributed by atoms with Gasteiger partial charge in [0.25, 0.3) is 10.2 Å². The molecule has 2 heterocycles. The van der Waals surface area contributed by atoms with Crippen LogP contribution in [0.1, 0.15) is 13.8 Å². The van der Waals surface area contributed by atoms with Gasteiger partial charge in [0.1, 0.15) is 0 Å². The molecule has 1 fully saturated rings. The van der Waals surface area contributed by atoms with Crippen molar-refractivity contribution in [2.75, 3.05) is 51.1 Å². The third kappa shape index (κ3) is 4.94. The van der Waals surface area contributed by atoms with Gasteiger partial charge < -0.3 is 14.8 Å². The number of hydrogen-bond acceptors (Lipinski definition) is 6. The van der Waals surface area contributed by atoms with E-state index in [9.17, 15) is 22.0 Å². The molecule has 12 heteroatoms. The number of alkyl halides is 2. The van der Waals surface area contributed by atoms with Crippen LogP contribution in [0, 0.1) is 0 Å². The summed E-state index contributed by atoms with van der Waals surface area (Å²) in [6, 6.07) is 4.00. The van der Waals surface area contributed by atoms with E-state index in [1.165, 1.54) is 26.8 Å². The Bertz CT molecular complexity index is 855. The molecule has 0 unspecified atom stereocenters. The van der Waals surface area contributed by atoms with Gasteiger partial charge in [-0.25, -0.2) is 0 Å². The average molecular weight is 434 g/mol. The van der Waals surface area contributed by atoms with Crippen LogP contribution in [0.3, 0.4) is 0 Å². The minimum Gasteiger partial charge on any atom is -0.395 e. The standard InChI is InChI=1S/C17H24F2N4O5S/c1-3-22(4-2)29(25,26)23-9-7-21(8-10-23)12-16(24)20-13-5-6-14-15(11-13)28-17(18,19)27-14/h5-6,11H,3-4,7-10,12H2,1-2H3,(H,20,24). The molecule has 1 amide bonds. The Hall–Kier alpha value is -2.02. The van der Waals surface area contributed by atoms with Crippen molar-refractivity contribution < 1.29 is 31.5 Å². The van der Waals surface area contributed by atoms with E-state index in [1.54, 1.807) is 13.8 Å². The molecule has 9 nitrogen and oxygen atoms in total. The van der Waals surface area contributed by atoms with E-state index in [2.05, 4.69) is 14.8 Å². The van der Waals surface area contributed by atoms with Crippen molar-refractivity contribution in [2.24, 2.45) is 0 Å². The van der Waals surface area contributed by atoms with E-state index in [1.807, 2.05) is 4.90 Å². The van der Waals surface area contributed by atoms with Gasteiger partial charge in [-0.05, 0) is 12.1 Å². The summed E-state index contributed by atoms with van der Waals surface area (Å²) < 4.78 is 62.7. The lowest BCUT2D eigenvalue weighted by Crippen LogP contribution is -2.54. The number of fused-ring (bicyclic) bond motifs is 1. The summed E-state index contributed by atoms with van der Waals surface area (Å²) >= 11 is 0. The number of ether oxygens (including phenoxy) is 2. The van der Waals surface area contributed by atoms with Gasteiger partial charge in [0.05, 0.1) is 6.54 Å². The minimum absolute atomic E-state index is 0.0593. The predicted octanol–water partition coefficient (Wildman–Crippen LogP) is 1.15. The lowest BCUT2D eigenvalue weighted by atomic mass is 10.2. The summed E-state index contributed by atoms with van der Waals surface area (Å²) in [6.07, 6.45) is -3.71. The van der Waals surface area contributed by atoms with Gasteiger partial charge in [-0.1, -0.05) is 13.8 Å². The molecule has 0 saturated carbocycles. The van der Waals surface area contributed by atoms with Gasteiger partial charge in [0.2, 0.25) is 5.91 Å². The molecular weight excluding hydrogens is 410 g/mol. The van der Waals surface area contributed by atoms with Crippen LogP contribution >= 0.6 is 0 Å². The maximum absolute atomic E-state index is 13.1. The lowest BCUT2D eigenvalue weighted by molar-refractivity contribution is -0.286. The maximum atomic E-state index is 13.1. The highest BCUT2D eigenvalue weighted by molar-refractivity contribution is 7.86. The molecule has 1 saturated heterocycles. The monoisotopic (exact) mass is 434 g/mol. The van der Waals surface area contributed by atoms with Gasteiger partial charge in [0, 0.05) is 51.0 Å². The molecule has 1 aromatic rings. The number of nitrogens with zero attached hydrogens (tertiary/aromatic N) is 3. The first-order valence-corrected chi connectivity index (χ1v) is 10.7. The largest absolute Gasteiger partial charge is 0.586 e. The predicted molar refractivity (Wildman–Crippen MR) is 101 cm³/mol. The molecule has 0 aliphatic carbocycles. The van der Waals surface area contributed by atoms with Crippen molar-refractivity contribution in [1.82, 2.24) is 13.5 Å². The zero-order valence-electron chi connectivity index (χ0n) is 16.2. The summed E-state index contributed by atoms with van der Waals surface area (Å²) in [6.45, 7) is 5.88. The molecular formula is C17H24F2N4O5S. The van der Waals surface area contributed by atoms with E-state index in [0.29, 0.717) is 45.0 Å². The van der Waals surface area contributed by atoms with E-state index in [-0.39, 0.29) is 24.0 Å². The third-order valence-corrected chi connectivity index (χ3v) is 6.93. The second-order valence-corrected chi connectivity index (χ2v) is 8.57. The fourth-order valence-corrected chi connectivity index (χ4v) is 4.87. The maximum Gasteiger partial charge on any atom is 0.586 e. The zero-order valence-corrected chi connectivity index (χ0v) is 17.0. The molecule has 29 heavy (non-hydrogen) atoms. The Balaban J connectivity index is 1.51. The molecule has 0 aromatic heterocycles. The number of carbonyl (C=O) groups excluding carboxylic acids is 1. The number of nitrogens with one attached hydrogen (secondary N) is 1. The zero-order chi connectivity index (χ0) is 21.2. The van der Waals surface area contributed by atoms with Crippen molar-refractivity contribution in [3.8, 4) is 11.5 Å². The Morgan fingerprint density at radius 3 is 2.38 bits per heavy atom. The molecule has 0 atom stereocenters. The van der Waals surface area contributed by atoms with Crippen LogP contribution in [0.5, 0.6) is 11.5 Å². The van der Waals surface area contributed by atoms with Crippen LogP contribution in [0.4, 0.5) is 14.5 Å². The van der Waals surface area contributed by atoms with Crippen molar-refractivity contribution in [3.05, 3.63) is 18.2 Å². The first-order valence-electron chi connectivity index (χ1n) is 9.32. The Morgan fingerprint density at radius 2 is 1.76 bits per heavy atom. The second kappa shape index (κ2) is 8.38. The Labute approximate surface area is 168 Å². The van der Waals surface area contributed by atoms with E-state index in [4.69, 9.17) is 0 Å². The molecule has 2 aliphatic rings. The third-order valence-electron chi connectivity index (χ3n) is 4.74. The van der Waals surface area contributed by atoms with Crippen LogP contribution in [0.25, 0.3) is 0 Å². The van der Waals surface area contributed by atoms with Crippen molar-refractivity contribution in [1.29, 1.82) is 0 Å². The second-order valence-electron chi connectivity index (χ2n) is 6.64. The van der Waals surface area contributed by atoms with Crippen LogP contribution in [-0.4, -0.2) is 79.9 Å². The highest BCUT2D eigenvalue weighted by atomic mass is 32.2. The van der Waals surface area contributed by atoms with Crippen LogP contribution in [0.15, 0.2) is 18.2 Å². The van der Waals surface area contributed by atoms with Gasteiger partial charge in [-0.15, -0.1) is 8.78 Å².